The second-order valence-corrected chi connectivity index (χ2v) is 10.7. The average Bonchev–Trinajstić information content (AvgIpc) is 3.19. The van der Waals surface area contributed by atoms with Crippen LogP contribution in [0.4, 0.5) is 0 Å². The smallest absolute Gasteiger partial charge is 0.242 e. The third kappa shape index (κ3) is 3.17. The Balaban J connectivity index is 1.82. The van der Waals surface area contributed by atoms with Gasteiger partial charge in [-0.25, -0.2) is 8.42 Å². The number of hydrogen-bond donors (Lipinski definition) is 1. The van der Waals surface area contributed by atoms with Crippen molar-refractivity contribution < 1.29 is 13.2 Å². The number of carbonyl (C=O) groups is 1. The van der Waals surface area contributed by atoms with E-state index in [0.29, 0.717) is 18.7 Å². The maximum atomic E-state index is 13.5. The predicted molar refractivity (Wildman–Crippen MR) is 110 cm³/mol. The summed E-state index contributed by atoms with van der Waals surface area (Å²) >= 11 is 3.48. The zero-order valence-corrected chi connectivity index (χ0v) is 18.1. The molecule has 0 bridgehead atoms. The molecule has 28 heavy (non-hydrogen) atoms. The highest BCUT2D eigenvalue weighted by Gasteiger charge is 2.57. The fraction of sp³-hybridized carbons (Fsp3) is 0.400. The molecule has 8 heteroatoms. The molecule has 4 rings (SSSR count). The Morgan fingerprint density at radius 3 is 2.57 bits per heavy atom. The van der Waals surface area contributed by atoms with E-state index < -0.39 is 26.7 Å². The second kappa shape index (κ2) is 6.93. The summed E-state index contributed by atoms with van der Waals surface area (Å²) in [5.41, 5.74) is 0.567. The van der Waals surface area contributed by atoms with E-state index in [1.54, 1.807) is 42.3 Å². The molecule has 2 fully saturated rings. The monoisotopic (exact) mass is 463 g/mol. The Morgan fingerprint density at radius 2 is 1.96 bits per heavy atom. The molecular weight excluding hydrogens is 442 g/mol. The zero-order valence-electron chi connectivity index (χ0n) is 15.7. The van der Waals surface area contributed by atoms with Gasteiger partial charge in [-0.3, -0.25) is 15.1 Å². The first kappa shape index (κ1) is 19.5. The summed E-state index contributed by atoms with van der Waals surface area (Å²) in [6, 6.07) is 11.6. The molecule has 6 nitrogen and oxygen atoms in total. The van der Waals surface area contributed by atoms with E-state index in [1.807, 2.05) is 19.1 Å². The number of likely N-dealkylation sites (N-methyl/N-ethyl adjacent to an activating group) is 1. The molecule has 1 aromatic carbocycles. The molecule has 3 atom stereocenters. The molecule has 1 N–H and O–H groups in total. The highest BCUT2D eigenvalue weighted by atomic mass is 79.9. The third-order valence-electron chi connectivity index (χ3n) is 5.71. The number of benzene rings is 1. The summed E-state index contributed by atoms with van der Waals surface area (Å²) in [5.74, 6) is -0.0463. The Hall–Kier alpha value is -1.77. The van der Waals surface area contributed by atoms with Crippen LogP contribution >= 0.6 is 15.9 Å². The minimum absolute atomic E-state index is 0.0463. The van der Waals surface area contributed by atoms with Crippen molar-refractivity contribution in [2.24, 2.45) is 0 Å². The largest absolute Gasteiger partial charge is 0.344 e. The molecule has 3 unspecified atom stereocenters. The number of aromatic nitrogens is 1. The summed E-state index contributed by atoms with van der Waals surface area (Å²) in [4.78, 5) is 19.4. The topological polar surface area (TPSA) is 79.4 Å². The SMILES string of the molecule is Cc1cc(Br)cc(C2NC3(CCN(C)C3=O)CC2S(=O)(=O)c2ccccc2)n1. The van der Waals surface area contributed by atoms with Gasteiger partial charge in [-0.1, -0.05) is 34.1 Å². The third-order valence-corrected chi connectivity index (χ3v) is 8.33. The van der Waals surface area contributed by atoms with Crippen LogP contribution in [0.1, 0.15) is 30.3 Å². The van der Waals surface area contributed by atoms with Gasteiger partial charge in [0, 0.05) is 23.8 Å². The van der Waals surface area contributed by atoms with Gasteiger partial charge >= 0.3 is 0 Å². The highest BCUT2D eigenvalue weighted by molar-refractivity contribution is 9.10. The van der Waals surface area contributed by atoms with Crippen molar-refractivity contribution in [2.45, 2.75) is 41.5 Å². The molecule has 2 aromatic rings. The number of amides is 1. The first-order valence-corrected chi connectivity index (χ1v) is 11.5. The van der Waals surface area contributed by atoms with Crippen LogP contribution in [0.3, 0.4) is 0 Å². The molecule has 2 saturated heterocycles. The van der Waals surface area contributed by atoms with E-state index in [0.717, 1.165) is 10.2 Å². The number of nitrogens with one attached hydrogen (secondary N) is 1. The molecular formula is C20H22BrN3O3S. The number of sulfone groups is 1. The molecule has 2 aliphatic rings. The molecule has 0 radical (unpaired) electrons. The van der Waals surface area contributed by atoms with Crippen molar-refractivity contribution in [2.75, 3.05) is 13.6 Å². The summed E-state index contributed by atoms with van der Waals surface area (Å²) in [6.07, 6.45) is 0.831. The zero-order chi connectivity index (χ0) is 20.1. The maximum absolute atomic E-state index is 13.5. The van der Waals surface area contributed by atoms with E-state index in [-0.39, 0.29) is 17.2 Å². The fourth-order valence-corrected chi connectivity index (χ4v) is 6.84. The van der Waals surface area contributed by atoms with Gasteiger partial charge in [-0.2, -0.15) is 0 Å². The normalized spacial score (nSPS) is 27.7. The Kier molecular flexibility index (Phi) is 4.84. The van der Waals surface area contributed by atoms with Crippen molar-refractivity contribution in [3.05, 3.63) is 58.3 Å². The first-order chi connectivity index (χ1) is 13.2. The molecule has 0 saturated carbocycles. The average molecular weight is 464 g/mol. The lowest BCUT2D eigenvalue weighted by Gasteiger charge is -2.23. The Morgan fingerprint density at radius 1 is 1.25 bits per heavy atom. The number of carbonyl (C=O) groups excluding carboxylic acids is 1. The van der Waals surface area contributed by atoms with Crippen molar-refractivity contribution in [1.82, 2.24) is 15.2 Å². The summed E-state index contributed by atoms with van der Waals surface area (Å²) in [7, 11) is -1.90. The minimum atomic E-state index is -3.65. The first-order valence-electron chi connectivity index (χ1n) is 9.19. The van der Waals surface area contributed by atoms with E-state index in [2.05, 4.69) is 26.2 Å². The second-order valence-electron chi connectivity index (χ2n) is 7.63. The van der Waals surface area contributed by atoms with E-state index >= 15 is 0 Å². The number of aryl methyl sites for hydroxylation is 1. The molecule has 148 valence electrons. The van der Waals surface area contributed by atoms with Gasteiger partial charge in [-0.05, 0) is 44.0 Å². The van der Waals surface area contributed by atoms with Gasteiger partial charge < -0.3 is 4.90 Å². The Bertz CT molecular complexity index is 1010. The molecule has 1 aromatic heterocycles. The van der Waals surface area contributed by atoms with Gasteiger partial charge in [0.1, 0.15) is 5.54 Å². The molecule has 1 amide bonds. The standard InChI is InChI=1S/C20H22BrN3O3S/c1-13-10-14(21)11-16(22-13)18-17(28(26,27)15-6-4-3-5-7-15)12-20(23-18)8-9-24(2)19(20)25/h3-7,10-11,17-18,23H,8-9,12H2,1-2H3. The summed E-state index contributed by atoms with van der Waals surface area (Å²) < 4.78 is 27.9. The maximum Gasteiger partial charge on any atom is 0.242 e. The van der Waals surface area contributed by atoms with Crippen LogP contribution in [-0.2, 0) is 14.6 Å². The molecule has 2 aliphatic heterocycles. The molecule has 1 spiro atoms. The number of rotatable bonds is 3. The predicted octanol–water partition coefficient (Wildman–Crippen LogP) is 2.63. The summed E-state index contributed by atoms with van der Waals surface area (Å²) in [6.45, 7) is 2.48. The highest BCUT2D eigenvalue weighted by Crippen LogP contribution is 2.44. The van der Waals surface area contributed by atoms with Crippen molar-refractivity contribution in [3.8, 4) is 0 Å². The lowest BCUT2D eigenvalue weighted by atomic mass is 9.95. The molecule has 3 heterocycles. The fourth-order valence-electron chi connectivity index (χ4n) is 4.31. The number of hydrogen-bond acceptors (Lipinski definition) is 5. The molecule has 0 aliphatic carbocycles. The van der Waals surface area contributed by atoms with Gasteiger partial charge in [0.05, 0.1) is 21.9 Å². The Labute approximate surface area is 173 Å². The number of pyridine rings is 1. The van der Waals surface area contributed by atoms with Crippen LogP contribution in [0.15, 0.2) is 51.8 Å². The van der Waals surface area contributed by atoms with E-state index in [1.165, 1.54) is 0 Å². The number of nitrogens with zero attached hydrogens (tertiary/aromatic N) is 2. The van der Waals surface area contributed by atoms with Crippen LogP contribution in [-0.4, -0.2) is 48.6 Å². The minimum Gasteiger partial charge on any atom is -0.344 e. The van der Waals surface area contributed by atoms with E-state index in [9.17, 15) is 13.2 Å². The van der Waals surface area contributed by atoms with Crippen LogP contribution in [0, 0.1) is 6.92 Å². The van der Waals surface area contributed by atoms with Crippen LogP contribution < -0.4 is 5.32 Å². The number of likely N-dealkylation sites (tertiary alicyclic amines) is 1. The van der Waals surface area contributed by atoms with Gasteiger partial charge in [0.25, 0.3) is 0 Å². The van der Waals surface area contributed by atoms with Crippen molar-refractivity contribution in [3.63, 3.8) is 0 Å². The van der Waals surface area contributed by atoms with Crippen molar-refractivity contribution >= 4 is 31.7 Å². The van der Waals surface area contributed by atoms with Crippen LogP contribution in [0.25, 0.3) is 0 Å². The number of halogens is 1. The van der Waals surface area contributed by atoms with Crippen LogP contribution in [0.5, 0.6) is 0 Å². The quantitative estimate of drug-likeness (QED) is 0.756. The van der Waals surface area contributed by atoms with Gasteiger partial charge in [0.2, 0.25) is 5.91 Å². The van der Waals surface area contributed by atoms with Gasteiger partial charge in [0.15, 0.2) is 9.84 Å². The van der Waals surface area contributed by atoms with Crippen LogP contribution in [0.2, 0.25) is 0 Å². The lowest BCUT2D eigenvalue weighted by molar-refractivity contribution is -0.131. The van der Waals surface area contributed by atoms with Crippen molar-refractivity contribution in [1.29, 1.82) is 0 Å². The van der Waals surface area contributed by atoms with Gasteiger partial charge in [-0.15, -0.1) is 0 Å². The summed E-state index contributed by atoms with van der Waals surface area (Å²) in [5, 5.41) is 2.62. The van der Waals surface area contributed by atoms with E-state index in [4.69, 9.17) is 0 Å². The lowest BCUT2D eigenvalue weighted by Crippen LogP contribution is -2.47.